The van der Waals surface area contributed by atoms with E-state index in [1.807, 2.05) is 30.3 Å². The van der Waals surface area contributed by atoms with Gasteiger partial charge in [-0.05, 0) is 0 Å². The molecule has 0 unspecified atom stereocenters. The lowest BCUT2D eigenvalue weighted by molar-refractivity contribution is 0.103. The lowest BCUT2D eigenvalue weighted by Gasteiger charge is -2.33. The van der Waals surface area contributed by atoms with Gasteiger partial charge in [0, 0.05) is 38.3 Å². The molecule has 2 heterocycles. The van der Waals surface area contributed by atoms with Crippen LogP contribution in [0.3, 0.4) is 0 Å². The van der Waals surface area contributed by atoms with E-state index in [1.165, 1.54) is 0 Å². The van der Waals surface area contributed by atoms with Crippen LogP contribution in [-0.2, 0) is 6.54 Å². The van der Waals surface area contributed by atoms with Gasteiger partial charge in [0.25, 0.3) is 0 Å². The van der Waals surface area contributed by atoms with Gasteiger partial charge in [-0.25, -0.2) is 4.98 Å². The molecule has 0 aliphatic carbocycles. The van der Waals surface area contributed by atoms with E-state index in [2.05, 4.69) is 14.8 Å². The Kier molecular flexibility index (Phi) is 4.65. The molecule has 112 valence electrons. The van der Waals surface area contributed by atoms with Crippen molar-refractivity contribution in [2.75, 3.05) is 39.3 Å². The van der Waals surface area contributed by atoms with Crippen molar-refractivity contribution in [2.45, 2.75) is 6.54 Å². The highest BCUT2D eigenvalue weighted by molar-refractivity contribution is 5.55. The molecule has 1 aromatic heterocycles. The molecular formula is C16H21N3O2. The van der Waals surface area contributed by atoms with E-state index in [1.54, 1.807) is 6.20 Å². The molecule has 5 nitrogen and oxygen atoms in total. The van der Waals surface area contributed by atoms with Crippen molar-refractivity contribution in [1.29, 1.82) is 0 Å². The highest BCUT2D eigenvalue weighted by Crippen LogP contribution is 2.20. The van der Waals surface area contributed by atoms with Crippen LogP contribution in [0.5, 0.6) is 0 Å². The van der Waals surface area contributed by atoms with Gasteiger partial charge in [0.2, 0.25) is 5.89 Å². The monoisotopic (exact) mass is 287 g/mol. The van der Waals surface area contributed by atoms with Crippen LogP contribution < -0.4 is 0 Å². The lowest BCUT2D eigenvalue weighted by Crippen LogP contribution is -2.46. The van der Waals surface area contributed by atoms with Gasteiger partial charge in [0.1, 0.15) is 0 Å². The van der Waals surface area contributed by atoms with E-state index >= 15 is 0 Å². The van der Waals surface area contributed by atoms with Gasteiger partial charge in [0.15, 0.2) is 5.76 Å². The lowest BCUT2D eigenvalue weighted by atomic mass is 10.2. The van der Waals surface area contributed by atoms with Crippen LogP contribution in [0.25, 0.3) is 11.3 Å². The number of piperazine rings is 1. The smallest absolute Gasteiger partial charge is 0.209 e. The van der Waals surface area contributed by atoms with Crippen LogP contribution in [0.15, 0.2) is 40.9 Å². The van der Waals surface area contributed by atoms with E-state index in [9.17, 15) is 0 Å². The molecule has 21 heavy (non-hydrogen) atoms. The molecule has 0 saturated carbocycles. The summed E-state index contributed by atoms with van der Waals surface area (Å²) in [6.45, 7) is 5.72. The van der Waals surface area contributed by atoms with Crippen LogP contribution in [0.2, 0.25) is 0 Å². The zero-order valence-corrected chi connectivity index (χ0v) is 12.1. The molecule has 1 aliphatic rings. The number of hydrogen-bond acceptors (Lipinski definition) is 5. The van der Waals surface area contributed by atoms with Crippen molar-refractivity contribution in [3.8, 4) is 11.3 Å². The van der Waals surface area contributed by atoms with Crippen molar-refractivity contribution >= 4 is 0 Å². The fraction of sp³-hybridized carbons (Fsp3) is 0.438. The van der Waals surface area contributed by atoms with Crippen LogP contribution >= 0.6 is 0 Å². The second-order valence-corrected chi connectivity index (χ2v) is 5.33. The van der Waals surface area contributed by atoms with Crippen LogP contribution in [0, 0.1) is 0 Å². The summed E-state index contributed by atoms with van der Waals surface area (Å²) < 4.78 is 5.84. The molecule has 1 aliphatic heterocycles. The SMILES string of the molecule is OCCN1CCN(Cc2ncc(-c3ccccc3)o2)CC1. The van der Waals surface area contributed by atoms with E-state index in [0.717, 1.165) is 56.5 Å². The zero-order chi connectivity index (χ0) is 14.5. The molecule has 2 aromatic rings. The minimum Gasteiger partial charge on any atom is -0.439 e. The average Bonchev–Trinajstić information content (AvgIpc) is 2.99. The molecule has 3 rings (SSSR count). The van der Waals surface area contributed by atoms with Gasteiger partial charge in [-0.3, -0.25) is 9.80 Å². The van der Waals surface area contributed by atoms with Crippen molar-refractivity contribution in [1.82, 2.24) is 14.8 Å². The van der Waals surface area contributed by atoms with Gasteiger partial charge in [-0.2, -0.15) is 0 Å². The molecular weight excluding hydrogens is 266 g/mol. The number of β-amino-alcohol motifs (C(OH)–C–C–N with tert-alkyl or cyclic N) is 1. The first kappa shape index (κ1) is 14.3. The minimum atomic E-state index is 0.236. The Hall–Kier alpha value is -1.69. The first-order valence-corrected chi connectivity index (χ1v) is 7.41. The van der Waals surface area contributed by atoms with Crippen LogP contribution in [-0.4, -0.2) is 59.2 Å². The molecule has 0 amide bonds. The van der Waals surface area contributed by atoms with E-state index in [-0.39, 0.29) is 6.61 Å². The third-order valence-corrected chi connectivity index (χ3v) is 3.85. The van der Waals surface area contributed by atoms with E-state index in [4.69, 9.17) is 9.52 Å². The third kappa shape index (κ3) is 3.69. The number of aliphatic hydroxyl groups excluding tert-OH is 1. The Bertz CT molecular complexity index is 548. The van der Waals surface area contributed by atoms with E-state index < -0.39 is 0 Å². The molecule has 1 aromatic carbocycles. The number of nitrogens with zero attached hydrogens (tertiary/aromatic N) is 3. The standard InChI is InChI=1S/C16H21N3O2/c20-11-10-18-6-8-19(9-7-18)13-16-17-12-15(21-16)14-4-2-1-3-5-14/h1-5,12,20H,6-11,13H2. The zero-order valence-electron chi connectivity index (χ0n) is 12.1. The quantitative estimate of drug-likeness (QED) is 0.902. The third-order valence-electron chi connectivity index (χ3n) is 3.85. The Morgan fingerprint density at radius 2 is 1.76 bits per heavy atom. The fourth-order valence-electron chi connectivity index (χ4n) is 2.62. The molecule has 1 saturated heterocycles. The van der Waals surface area contributed by atoms with Gasteiger partial charge in [-0.1, -0.05) is 30.3 Å². The van der Waals surface area contributed by atoms with Crippen molar-refractivity contribution in [3.63, 3.8) is 0 Å². The number of hydrogen-bond donors (Lipinski definition) is 1. The summed E-state index contributed by atoms with van der Waals surface area (Å²) in [5.74, 6) is 1.59. The van der Waals surface area contributed by atoms with Crippen molar-refractivity contribution < 1.29 is 9.52 Å². The van der Waals surface area contributed by atoms with Crippen molar-refractivity contribution in [3.05, 3.63) is 42.4 Å². The Labute approximate surface area is 124 Å². The predicted octanol–water partition coefficient (Wildman–Crippen LogP) is 1.45. The highest BCUT2D eigenvalue weighted by Gasteiger charge is 2.18. The number of oxazole rings is 1. The van der Waals surface area contributed by atoms with Gasteiger partial charge < -0.3 is 9.52 Å². The number of aromatic nitrogens is 1. The van der Waals surface area contributed by atoms with Crippen LogP contribution in [0.4, 0.5) is 0 Å². The maximum absolute atomic E-state index is 8.95. The maximum atomic E-state index is 8.95. The Morgan fingerprint density at radius 1 is 1.05 bits per heavy atom. The summed E-state index contributed by atoms with van der Waals surface area (Å²) in [6.07, 6.45) is 1.80. The summed E-state index contributed by atoms with van der Waals surface area (Å²) in [5.41, 5.74) is 1.06. The molecule has 0 atom stereocenters. The fourth-order valence-corrected chi connectivity index (χ4v) is 2.62. The number of aliphatic hydroxyl groups is 1. The summed E-state index contributed by atoms with van der Waals surface area (Å²) >= 11 is 0. The molecule has 1 fully saturated rings. The topological polar surface area (TPSA) is 52.7 Å². The second-order valence-electron chi connectivity index (χ2n) is 5.33. The Balaban J connectivity index is 1.56. The van der Waals surface area contributed by atoms with Gasteiger partial charge in [0.05, 0.1) is 19.3 Å². The molecule has 5 heteroatoms. The average molecular weight is 287 g/mol. The van der Waals surface area contributed by atoms with Crippen molar-refractivity contribution in [2.24, 2.45) is 0 Å². The maximum Gasteiger partial charge on any atom is 0.209 e. The summed E-state index contributed by atoms with van der Waals surface area (Å²) in [4.78, 5) is 9.00. The second kappa shape index (κ2) is 6.85. The predicted molar refractivity (Wildman–Crippen MR) is 80.7 cm³/mol. The van der Waals surface area contributed by atoms with Crippen LogP contribution in [0.1, 0.15) is 5.89 Å². The first-order valence-electron chi connectivity index (χ1n) is 7.41. The van der Waals surface area contributed by atoms with Gasteiger partial charge in [-0.15, -0.1) is 0 Å². The number of rotatable bonds is 5. The molecule has 0 spiro atoms. The Morgan fingerprint density at radius 3 is 2.48 bits per heavy atom. The normalized spacial score (nSPS) is 17.2. The van der Waals surface area contributed by atoms with E-state index in [0.29, 0.717) is 0 Å². The summed E-state index contributed by atoms with van der Waals surface area (Å²) in [7, 11) is 0. The largest absolute Gasteiger partial charge is 0.439 e. The van der Waals surface area contributed by atoms with Gasteiger partial charge >= 0.3 is 0 Å². The number of benzene rings is 1. The summed E-state index contributed by atoms with van der Waals surface area (Å²) in [5, 5.41) is 8.95. The molecule has 0 radical (unpaired) electrons. The minimum absolute atomic E-state index is 0.236. The molecule has 1 N–H and O–H groups in total. The summed E-state index contributed by atoms with van der Waals surface area (Å²) in [6, 6.07) is 10.0. The molecule has 0 bridgehead atoms. The first-order chi connectivity index (χ1) is 10.3. The highest BCUT2D eigenvalue weighted by atomic mass is 16.4.